The summed E-state index contributed by atoms with van der Waals surface area (Å²) in [5.74, 6) is 6.86. The monoisotopic (exact) mass is 506 g/mol. The second kappa shape index (κ2) is 12.2. The lowest BCUT2D eigenvalue weighted by atomic mass is 10.2. The molecule has 0 saturated heterocycles. The van der Waals surface area contributed by atoms with Crippen LogP contribution in [0.3, 0.4) is 0 Å². The van der Waals surface area contributed by atoms with E-state index in [-0.39, 0.29) is 0 Å². The fraction of sp³-hybridized carbons (Fsp3) is 0.231. The lowest BCUT2D eigenvalue weighted by molar-refractivity contribution is -0.0517. The normalized spacial score (nSPS) is 11.6. The molecule has 0 amide bonds. The molecule has 0 radical (unpaired) electrons. The number of rotatable bonds is 5. The Morgan fingerprint density at radius 1 is 0.853 bits per heavy atom. The van der Waals surface area contributed by atoms with Crippen molar-refractivity contribution >= 4 is 33.3 Å². The van der Waals surface area contributed by atoms with Crippen LogP contribution in [0.15, 0.2) is 84.9 Å². The van der Waals surface area contributed by atoms with Gasteiger partial charge in [-0.25, -0.2) is 8.42 Å². The summed E-state index contributed by atoms with van der Waals surface area (Å²) in [6, 6.07) is 30.5. The molecule has 8 heteroatoms. The van der Waals surface area contributed by atoms with Gasteiger partial charge in [-0.1, -0.05) is 73.7 Å². The maximum Gasteiger partial charge on any atom is 0.485 e. The molecule has 3 aromatic rings. The summed E-state index contributed by atoms with van der Waals surface area (Å²) in [7, 11) is -7.81. The molecule has 0 aromatic heterocycles. The second-order valence-electron chi connectivity index (χ2n) is 7.50. The third kappa shape index (κ3) is 7.17. The Kier molecular flexibility index (Phi) is 9.88. The van der Waals surface area contributed by atoms with E-state index in [4.69, 9.17) is 13.0 Å². The highest BCUT2D eigenvalue weighted by molar-refractivity contribution is 7.95. The van der Waals surface area contributed by atoms with Gasteiger partial charge in [0.2, 0.25) is 0 Å². The molecule has 0 aliphatic heterocycles. The van der Waals surface area contributed by atoms with Crippen molar-refractivity contribution < 1.29 is 26.1 Å². The molecule has 180 valence electrons. The Balaban J connectivity index is 0.000000440. The summed E-state index contributed by atoms with van der Waals surface area (Å²) >= 11 is 0. The number of hydrogen-bond acceptors (Lipinski definition) is 3. The SMILES string of the molecule is CCCCC#Cc1ccccc1[P+](C)(c1ccccc1)c1ccccc1.O=S(=O)([O-])C(F)(F)F. The summed E-state index contributed by atoms with van der Waals surface area (Å²) < 4.78 is 58.9. The molecule has 0 aliphatic carbocycles. The minimum atomic E-state index is -6.09. The molecule has 0 aliphatic rings. The molecule has 0 saturated carbocycles. The lowest BCUT2D eigenvalue weighted by Gasteiger charge is -2.24. The van der Waals surface area contributed by atoms with Crippen LogP contribution in [-0.4, -0.2) is 25.1 Å². The topological polar surface area (TPSA) is 57.2 Å². The van der Waals surface area contributed by atoms with Crippen LogP contribution in [0.5, 0.6) is 0 Å². The summed E-state index contributed by atoms with van der Waals surface area (Å²) in [6.45, 7) is 4.63. The predicted molar refractivity (Wildman–Crippen MR) is 133 cm³/mol. The number of hydrogen-bond donors (Lipinski definition) is 0. The van der Waals surface area contributed by atoms with Crippen molar-refractivity contribution in [2.45, 2.75) is 31.7 Å². The van der Waals surface area contributed by atoms with E-state index in [1.807, 2.05) is 0 Å². The van der Waals surface area contributed by atoms with Crippen LogP contribution in [0.1, 0.15) is 31.7 Å². The molecular weight excluding hydrogens is 480 g/mol. The highest BCUT2D eigenvalue weighted by Crippen LogP contribution is 2.52. The Morgan fingerprint density at radius 3 is 1.74 bits per heavy atom. The minimum Gasteiger partial charge on any atom is -0.741 e. The van der Waals surface area contributed by atoms with Gasteiger partial charge in [-0.3, -0.25) is 0 Å². The van der Waals surface area contributed by atoms with Crippen molar-refractivity contribution in [3.05, 3.63) is 90.5 Å². The molecule has 34 heavy (non-hydrogen) atoms. The minimum absolute atomic E-state index is 0.969. The summed E-state index contributed by atoms with van der Waals surface area (Å²) in [5.41, 5.74) is -4.47. The molecule has 0 heterocycles. The van der Waals surface area contributed by atoms with Crippen LogP contribution in [0.25, 0.3) is 0 Å². The van der Waals surface area contributed by atoms with E-state index in [2.05, 4.69) is 110 Å². The van der Waals surface area contributed by atoms with Crippen molar-refractivity contribution in [2.24, 2.45) is 0 Å². The number of benzene rings is 3. The highest BCUT2D eigenvalue weighted by atomic mass is 32.2. The Bertz CT molecular complexity index is 1180. The second-order valence-corrected chi connectivity index (χ2v) is 12.4. The van der Waals surface area contributed by atoms with Gasteiger partial charge in [0, 0.05) is 6.42 Å². The number of halogens is 3. The zero-order chi connectivity index (χ0) is 25.2. The molecule has 0 fully saturated rings. The summed E-state index contributed by atoms with van der Waals surface area (Å²) in [5, 5.41) is 4.17. The maximum atomic E-state index is 10.7. The van der Waals surface area contributed by atoms with E-state index in [0.29, 0.717) is 0 Å². The molecule has 0 spiro atoms. The smallest absolute Gasteiger partial charge is 0.485 e. The van der Waals surface area contributed by atoms with E-state index < -0.39 is 22.9 Å². The molecule has 3 rings (SSSR count). The first kappa shape index (κ1) is 27.6. The average molecular weight is 507 g/mol. The standard InChI is InChI=1S/C25H26P.CHF3O3S/c1-3-4-5-8-15-22-16-13-14-21-25(22)26(2,23-17-9-6-10-18-23)24-19-11-7-12-20-24;2-1(3,4)8(5,6)7/h6-7,9-14,16-21H,3-5H2,1-2H3;(H,5,6,7)/q+1;/p-1. The molecule has 0 unspecified atom stereocenters. The van der Waals surface area contributed by atoms with Gasteiger partial charge in [-0.05, 0) is 42.8 Å². The van der Waals surface area contributed by atoms with Crippen LogP contribution < -0.4 is 15.9 Å². The van der Waals surface area contributed by atoms with E-state index in [0.717, 1.165) is 6.42 Å². The van der Waals surface area contributed by atoms with Crippen molar-refractivity contribution in [1.82, 2.24) is 0 Å². The van der Waals surface area contributed by atoms with Gasteiger partial charge in [0.05, 0.1) is 12.2 Å². The molecule has 3 nitrogen and oxygen atoms in total. The third-order valence-electron chi connectivity index (χ3n) is 5.09. The fourth-order valence-corrected chi connectivity index (χ4v) is 6.66. The fourth-order valence-electron chi connectivity index (χ4n) is 3.27. The molecular formula is C26H26F3O3PS. The first-order valence-electron chi connectivity index (χ1n) is 10.6. The quantitative estimate of drug-likeness (QED) is 0.157. The summed E-state index contributed by atoms with van der Waals surface area (Å²) in [4.78, 5) is 0. The highest BCUT2D eigenvalue weighted by Gasteiger charge is 2.41. The zero-order valence-corrected chi connectivity index (χ0v) is 20.6. The molecule has 3 aromatic carbocycles. The van der Waals surface area contributed by atoms with Crippen LogP contribution in [0.2, 0.25) is 0 Å². The van der Waals surface area contributed by atoms with Gasteiger partial charge in [0.15, 0.2) is 10.1 Å². The van der Waals surface area contributed by atoms with Crippen molar-refractivity contribution in [2.75, 3.05) is 6.66 Å². The van der Waals surface area contributed by atoms with Crippen LogP contribution in [0.4, 0.5) is 13.2 Å². The largest absolute Gasteiger partial charge is 0.741 e. The van der Waals surface area contributed by atoms with E-state index in [9.17, 15) is 13.2 Å². The van der Waals surface area contributed by atoms with Gasteiger partial charge in [0.25, 0.3) is 0 Å². The maximum absolute atomic E-state index is 10.7. The first-order chi connectivity index (χ1) is 16.0. The van der Waals surface area contributed by atoms with E-state index in [1.54, 1.807) is 0 Å². The lowest BCUT2D eigenvalue weighted by Crippen LogP contribution is -2.31. The zero-order valence-electron chi connectivity index (χ0n) is 18.9. The van der Waals surface area contributed by atoms with Crippen molar-refractivity contribution in [1.29, 1.82) is 0 Å². The third-order valence-corrected chi connectivity index (χ3v) is 9.68. The first-order valence-corrected chi connectivity index (χ1v) is 14.2. The van der Waals surface area contributed by atoms with E-state index >= 15 is 0 Å². The van der Waals surface area contributed by atoms with Crippen molar-refractivity contribution in [3.63, 3.8) is 0 Å². The predicted octanol–water partition coefficient (Wildman–Crippen LogP) is 5.20. The van der Waals surface area contributed by atoms with Gasteiger partial charge < -0.3 is 4.55 Å². The van der Waals surface area contributed by atoms with Gasteiger partial charge in [-0.2, -0.15) is 13.2 Å². The van der Waals surface area contributed by atoms with Gasteiger partial charge in [-0.15, -0.1) is 0 Å². The Hall–Kier alpha value is -2.65. The molecule has 0 atom stereocenters. The molecule has 0 bridgehead atoms. The Morgan fingerprint density at radius 2 is 1.29 bits per heavy atom. The van der Waals surface area contributed by atoms with Crippen molar-refractivity contribution in [3.8, 4) is 11.8 Å². The Labute approximate surface area is 200 Å². The van der Waals surface area contributed by atoms with Crippen LogP contribution >= 0.6 is 7.26 Å². The average Bonchev–Trinajstić information content (AvgIpc) is 2.82. The molecule has 0 N–H and O–H groups in total. The summed E-state index contributed by atoms with van der Waals surface area (Å²) in [6.07, 6.45) is 3.32. The van der Waals surface area contributed by atoms with Gasteiger partial charge in [0.1, 0.15) is 23.2 Å². The van der Waals surface area contributed by atoms with Crippen LogP contribution in [0, 0.1) is 11.8 Å². The van der Waals surface area contributed by atoms with Gasteiger partial charge >= 0.3 is 5.51 Å². The van der Waals surface area contributed by atoms with E-state index in [1.165, 1.54) is 34.3 Å². The van der Waals surface area contributed by atoms with Crippen LogP contribution in [-0.2, 0) is 10.1 Å². The number of alkyl halides is 3. The number of unbranched alkanes of at least 4 members (excludes halogenated alkanes) is 2.